The molecule has 21 heavy (non-hydrogen) atoms. The van der Waals surface area contributed by atoms with Gasteiger partial charge in [-0.05, 0) is 60.6 Å². The van der Waals surface area contributed by atoms with Gasteiger partial charge in [0.25, 0.3) is 0 Å². The van der Waals surface area contributed by atoms with Crippen molar-refractivity contribution < 1.29 is 0 Å². The molecule has 0 unspecified atom stereocenters. The Morgan fingerprint density at radius 2 is 1.86 bits per heavy atom. The molecule has 1 aromatic rings. The highest BCUT2D eigenvalue weighted by Gasteiger charge is 2.24. The summed E-state index contributed by atoms with van der Waals surface area (Å²) in [6.07, 6.45) is 6.16. The molecule has 0 spiro atoms. The third-order valence-electron chi connectivity index (χ3n) is 4.26. The average Bonchev–Trinajstić information content (AvgIpc) is 2.43. The zero-order valence-electron chi connectivity index (χ0n) is 13.7. The Hall–Kier alpha value is -0.390. The van der Waals surface area contributed by atoms with E-state index in [4.69, 9.17) is 9.97 Å². The highest BCUT2D eigenvalue weighted by Crippen LogP contribution is 2.35. The van der Waals surface area contributed by atoms with Crippen LogP contribution in [0, 0.1) is 15.4 Å². The molecule has 0 radical (unpaired) electrons. The SMILES string of the molecule is CCNc1nc(C2CCC(C)CC2)nc(CC(C)C)c1I. The molecule has 0 aliphatic heterocycles. The summed E-state index contributed by atoms with van der Waals surface area (Å²) in [5, 5.41) is 3.42. The summed E-state index contributed by atoms with van der Waals surface area (Å²) in [6.45, 7) is 9.91. The lowest BCUT2D eigenvalue weighted by Crippen LogP contribution is -2.17. The van der Waals surface area contributed by atoms with E-state index in [2.05, 4.69) is 55.6 Å². The van der Waals surface area contributed by atoms with Crippen LogP contribution in [-0.4, -0.2) is 16.5 Å². The predicted octanol–water partition coefficient (Wildman–Crippen LogP) is 5.01. The van der Waals surface area contributed by atoms with Crippen LogP contribution in [0.2, 0.25) is 0 Å². The maximum atomic E-state index is 4.95. The Morgan fingerprint density at radius 1 is 1.19 bits per heavy atom. The van der Waals surface area contributed by atoms with Crippen molar-refractivity contribution in [3.05, 3.63) is 15.1 Å². The second kappa shape index (κ2) is 7.75. The van der Waals surface area contributed by atoms with Crippen molar-refractivity contribution in [2.75, 3.05) is 11.9 Å². The topological polar surface area (TPSA) is 37.8 Å². The lowest BCUT2D eigenvalue weighted by Gasteiger charge is -2.26. The largest absolute Gasteiger partial charge is 0.369 e. The van der Waals surface area contributed by atoms with Gasteiger partial charge < -0.3 is 5.32 Å². The first-order chi connectivity index (χ1) is 10.0. The minimum absolute atomic E-state index is 0.557. The number of nitrogens with zero attached hydrogens (tertiary/aromatic N) is 2. The van der Waals surface area contributed by atoms with Gasteiger partial charge in [0.05, 0.1) is 9.26 Å². The van der Waals surface area contributed by atoms with Gasteiger partial charge in [0.15, 0.2) is 0 Å². The maximum Gasteiger partial charge on any atom is 0.143 e. The van der Waals surface area contributed by atoms with Crippen LogP contribution >= 0.6 is 22.6 Å². The number of anilines is 1. The number of hydrogen-bond acceptors (Lipinski definition) is 3. The molecule has 1 aromatic heterocycles. The summed E-state index contributed by atoms with van der Waals surface area (Å²) in [4.78, 5) is 9.79. The van der Waals surface area contributed by atoms with E-state index in [1.54, 1.807) is 0 Å². The van der Waals surface area contributed by atoms with Crippen molar-refractivity contribution in [2.45, 2.75) is 65.7 Å². The zero-order chi connectivity index (χ0) is 15.4. The predicted molar refractivity (Wildman–Crippen MR) is 97.8 cm³/mol. The van der Waals surface area contributed by atoms with E-state index in [0.29, 0.717) is 11.8 Å². The van der Waals surface area contributed by atoms with E-state index in [1.165, 1.54) is 34.9 Å². The average molecular weight is 401 g/mol. The van der Waals surface area contributed by atoms with Gasteiger partial charge in [-0.3, -0.25) is 0 Å². The van der Waals surface area contributed by atoms with E-state index in [-0.39, 0.29) is 0 Å². The molecule has 1 aliphatic carbocycles. The molecular formula is C17H28IN3. The quantitative estimate of drug-likeness (QED) is 0.706. The molecule has 0 amide bonds. The maximum absolute atomic E-state index is 4.95. The minimum atomic E-state index is 0.557. The molecule has 2 rings (SSSR count). The molecule has 0 atom stereocenters. The monoisotopic (exact) mass is 401 g/mol. The molecule has 1 fully saturated rings. The number of halogens is 1. The van der Waals surface area contributed by atoms with Crippen molar-refractivity contribution in [2.24, 2.45) is 11.8 Å². The first kappa shape index (κ1) is 17.0. The Labute approximate surface area is 142 Å². The van der Waals surface area contributed by atoms with Crippen molar-refractivity contribution in [1.29, 1.82) is 0 Å². The summed E-state index contributed by atoms with van der Waals surface area (Å²) in [5.41, 5.74) is 1.23. The molecule has 1 N–H and O–H groups in total. The third kappa shape index (κ3) is 4.54. The van der Waals surface area contributed by atoms with Crippen molar-refractivity contribution in [3.63, 3.8) is 0 Å². The standard InChI is InChI=1S/C17H28IN3/c1-5-19-17-15(18)14(10-11(2)3)20-16(21-17)13-8-6-12(4)7-9-13/h11-13H,5-10H2,1-4H3,(H,19,20,21). The van der Waals surface area contributed by atoms with Crippen LogP contribution < -0.4 is 5.32 Å². The Morgan fingerprint density at radius 3 is 2.43 bits per heavy atom. The van der Waals surface area contributed by atoms with Crippen molar-refractivity contribution in [1.82, 2.24) is 9.97 Å². The Balaban J connectivity index is 2.29. The Bertz CT molecular complexity index is 465. The molecule has 0 saturated heterocycles. The normalized spacial score (nSPS) is 22.6. The fourth-order valence-corrected chi connectivity index (χ4v) is 3.67. The molecule has 0 aromatic carbocycles. The summed E-state index contributed by atoms with van der Waals surface area (Å²) >= 11 is 2.40. The van der Waals surface area contributed by atoms with Crippen LogP contribution in [-0.2, 0) is 6.42 Å². The fourth-order valence-electron chi connectivity index (χ4n) is 3.02. The van der Waals surface area contributed by atoms with Gasteiger partial charge in [0.2, 0.25) is 0 Å². The summed E-state index contributed by atoms with van der Waals surface area (Å²) < 4.78 is 1.20. The molecule has 3 nitrogen and oxygen atoms in total. The molecule has 4 heteroatoms. The van der Waals surface area contributed by atoms with Crippen LogP contribution in [0.1, 0.15) is 70.8 Å². The Kier molecular flexibility index (Phi) is 6.26. The van der Waals surface area contributed by atoms with E-state index in [1.807, 2.05) is 0 Å². The molecule has 1 saturated carbocycles. The van der Waals surface area contributed by atoms with Crippen molar-refractivity contribution in [3.8, 4) is 0 Å². The van der Waals surface area contributed by atoms with Crippen LogP contribution in [0.25, 0.3) is 0 Å². The minimum Gasteiger partial charge on any atom is -0.369 e. The number of nitrogens with one attached hydrogen (secondary N) is 1. The summed E-state index contributed by atoms with van der Waals surface area (Å²) in [5.74, 6) is 4.17. The zero-order valence-corrected chi connectivity index (χ0v) is 15.9. The molecule has 1 aliphatic rings. The molecule has 1 heterocycles. The van der Waals surface area contributed by atoms with Crippen LogP contribution in [0.4, 0.5) is 5.82 Å². The lowest BCUT2D eigenvalue weighted by molar-refractivity contribution is 0.339. The van der Waals surface area contributed by atoms with Gasteiger partial charge in [-0.1, -0.05) is 33.6 Å². The van der Waals surface area contributed by atoms with Crippen LogP contribution in [0.3, 0.4) is 0 Å². The first-order valence-corrected chi connectivity index (χ1v) is 9.39. The lowest BCUT2D eigenvalue weighted by atomic mass is 9.82. The molecule has 118 valence electrons. The smallest absolute Gasteiger partial charge is 0.143 e. The van der Waals surface area contributed by atoms with Crippen LogP contribution in [0.15, 0.2) is 0 Å². The third-order valence-corrected chi connectivity index (χ3v) is 5.40. The van der Waals surface area contributed by atoms with E-state index < -0.39 is 0 Å². The summed E-state index contributed by atoms with van der Waals surface area (Å²) in [6, 6.07) is 0. The van der Waals surface area contributed by atoms with Gasteiger partial charge in [0.1, 0.15) is 11.6 Å². The van der Waals surface area contributed by atoms with Crippen LogP contribution in [0.5, 0.6) is 0 Å². The highest BCUT2D eigenvalue weighted by atomic mass is 127. The van der Waals surface area contributed by atoms with E-state index >= 15 is 0 Å². The van der Waals surface area contributed by atoms with Gasteiger partial charge in [-0.25, -0.2) is 9.97 Å². The molecule has 0 bridgehead atoms. The second-order valence-electron chi connectivity index (χ2n) is 6.78. The van der Waals surface area contributed by atoms with Crippen molar-refractivity contribution >= 4 is 28.4 Å². The number of aromatic nitrogens is 2. The summed E-state index contributed by atoms with van der Waals surface area (Å²) in [7, 11) is 0. The van der Waals surface area contributed by atoms with Gasteiger partial charge >= 0.3 is 0 Å². The fraction of sp³-hybridized carbons (Fsp3) is 0.765. The second-order valence-corrected chi connectivity index (χ2v) is 7.85. The van der Waals surface area contributed by atoms with Gasteiger partial charge in [-0.15, -0.1) is 0 Å². The highest BCUT2D eigenvalue weighted by molar-refractivity contribution is 14.1. The van der Waals surface area contributed by atoms with Gasteiger partial charge in [0, 0.05) is 12.5 Å². The molecular weight excluding hydrogens is 373 g/mol. The van der Waals surface area contributed by atoms with Gasteiger partial charge in [-0.2, -0.15) is 0 Å². The number of rotatable bonds is 5. The first-order valence-electron chi connectivity index (χ1n) is 8.31. The van der Waals surface area contributed by atoms with E-state index in [0.717, 1.165) is 30.5 Å². The van der Waals surface area contributed by atoms with E-state index in [9.17, 15) is 0 Å². The number of hydrogen-bond donors (Lipinski definition) is 1.